The lowest BCUT2D eigenvalue weighted by atomic mass is 9.48. The third kappa shape index (κ3) is 3.01. The molecule has 5 heteroatoms. The number of rotatable bonds is 3. The number of nitrogens with one attached hydrogen (secondary N) is 1. The van der Waals surface area contributed by atoms with Crippen LogP contribution in [0.15, 0.2) is 29.5 Å². The van der Waals surface area contributed by atoms with E-state index in [9.17, 15) is 4.79 Å². The van der Waals surface area contributed by atoms with Crippen LogP contribution in [0.2, 0.25) is 0 Å². The lowest BCUT2D eigenvalue weighted by Gasteiger charge is -2.59. The van der Waals surface area contributed by atoms with E-state index in [0.717, 1.165) is 40.9 Å². The minimum atomic E-state index is 0.106. The second kappa shape index (κ2) is 7.43. The third-order valence-electron chi connectivity index (χ3n) is 10.6. The fourth-order valence-electron chi connectivity index (χ4n) is 9.21. The van der Waals surface area contributed by atoms with Gasteiger partial charge in [0, 0.05) is 11.5 Å². The van der Waals surface area contributed by atoms with E-state index in [1.807, 2.05) is 18.2 Å². The van der Waals surface area contributed by atoms with Gasteiger partial charge in [0.1, 0.15) is 18.0 Å². The molecule has 2 heterocycles. The maximum Gasteiger partial charge on any atom is 0.318 e. The summed E-state index contributed by atoms with van der Waals surface area (Å²) in [7, 11) is 3.85. The van der Waals surface area contributed by atoms with E-state index >= 15 is 0 Å². The quantitative estimate of drug-likeness (QED) is 0.540. The molecule has 0 bridgehead atoms. The van der Waals surface area contributed by atoms with Gasteiger partial charge in [-0.1, -0.05) is 20.3 Å². The number of likely N-dealkylation sites (tertiary alicyclic amines) is 1. The zero-order chi connectivity index (χ0) is 23.9. The molecule has 4 aliphatic rings. The first-order valence-electron chi connectivity index (χ1n) is 13.3. The molecule has 6 atom stereocenters. The second-order valence-electron chi connectivity index (χ2n) is 12.5. The van der Waals surface area contributed by atoms with Gasteiger partial charge in [-0.05, 0) is 86.3 Å². The minimum absolute atomic E-state index is 0.106. The largest absolute Gasteiger partial charge is 0.497 e. The molecule has 1 aromatic carbocycles. The maximum atomic E-state index is 13.6. The Hall–Kier alpha value is -2.14. The van der Waals surface area contributed by atoms with Crippen molar-refractivity contribution in [1.29, 1.82) is 0 Å². The van der Waals surface area contributed by atoms with E-state index in [4.69, 9.17) is 9.72 Å². The summed E-state index contributed by atoms with van der Waals surface area (Å²) >= 11 is 0. The molecule has 2 saturated carbocycles. The highest BCUT2D eigenvalue weighted by Crippen LogP contribution is 2.66. The molecule has 3 aliphatic carbocycles. The van der Waals surface area contributed by atoms with Crippen molar-refractivity contribution < 1.29 is 14.0 Å². The third-order valence-corrected chi connectivity index (χ3v) is 10.6. The Kier molecular flexibility index (Phi) is 4.88. The summed E-state index contributed by atoms with van der Waals surface area (Å²) in [6.45, 7) is 8.01. The van der Waals surface area contributed by atoms with E-state index < -0.39 is 0 Å². The van der Waals surface area contributed by atoms with Crippen molar-refractivity contribution in [2.24, 2.45) is 28.6 Å². The molecule has 6 rings (SSSR count). The summed E-state index contributed by atoms with van der Waals surface area (Å²) in [6, 6.07) is 5.93. The molecule has 0 radical (unpaired) electrons. The van der Waals surface area contributed by atoms with Crippen molar-refractivity contribution >= 4 is 16.9 Å². The fraction of sp³-hybridized carbons (Fsp3) is 0.655. The van der Waals surface area contributed by atoms with Gasteiger partial charge in [0.05, 0.1) is 31.6 Å². The molecular formula is C29H40N3O2+. The van der Waals surface area contributed by atoms with Crippen LogP contribution in [0, 0.1) is 28.6 Å². The molecule has 0 spiro atoms. The van der Waals surface area contributed by atoms with Crippen molar-refractivity contribution in [3.8, 4) is 5.75 Å². The van der Waals surface area contributed by atoms with Crippen LogP contribution in [-0.2, 0) is 11.3 Å². The van der Waals surface area contributed by atoms with Crippen LogP contribution < -0.4 is 4.74 Å². The van der Waals surface area contributed by atoms with Gasteiger partial charge in [-0.2, -0.15) is 0 Å². The molecule has 2 aromatic rings. The van der Waals surface area contributed by atoms with E-state index in [1.54, 1.807) is 7.11 Å². The molecule has 1 aliphatic heterocycles. The number of aromatic nitrogens is 2. The average Bonchev–Trinajstić information content (AvgIpc) is 3.38. The first kappa shape index (κ1) is 22.3. The normalized spacial score (nSPS) is 39.7. The van der Waals surface area contributed by atoms with Crippen molar-refractivity contribution in [1.82, 2.24) is 9.97 Å². The maximum absolute atomic E-state index is 13.6. The Morgan fingerprint density at radius 1 is 1.18 bits per heavy atom. The molecule has 1 unspecified atom stereocenters. The van der Waals surface area contributed by atoms with Crippen molar-refractivity contribution in [3.05, 3.63) is 35.3 Å². The lowest BCUT2D eigenvalue weighted by Crippen LogP contribution is -2.61. The number of carbonyl (C=O) groups excluding carboxylic acids is 1. The Balaban J connectivity index is 1.40. The molecule has 182 valence electrons. The molecule has 1 saturated heterocycles. The number of H-pyrrole nitrogens is 1. The van der Waals surface area contributed by atoms with Gasteiger partial charge in [0.2, 0.25) is 0 Å². The number of hydrogen-bond donors (Lipinski definition) is 1. The zero-order valence-electron chi connectivity index (χ0n) is 21.5. The van der Waals surface area contributed by atoms with Crippen LogP contribution >= 0.6 is 0 Å². The lowest BCUT2D eigenvalue weighted by molar-refractivity contribution is -0.823. The van der Waals surface area contributed by atoms with E-state index in [1.165, 1.54) is 49.8 Å². The molecule has 5 nitrogen and oxygen atoms in total. The number of aromatic amines is 1. The number of fused-ring (bicyclic) bond motifs is 6. The first-order chi connectivity index (χ1) is 16.2. The summed E-state index contributed by atoms with van der Waals surface area (Å²) in [4.78, 5) is 22.0. The van der Waals surface area contributed by atoms with E-state index in [2.05, 4.69) is 32.8 Å². The second-order valence-corrected chi connectivity index (χ2v) is 12.5. The highest BCUT2D eigenvalue weighted by molar-refractivity contribution is 5.77. The van der Waals surface area contributed by atoms with Gasteiger partial charge in [0.25, 0.3) is 0 Å². The predicted molar refractivity (Wildman–Crippen MR) is 134 cm³/mol. The summed E-state index contributed by atoms with van der Waals surface area (Å²) in [5, 5.41) is 0. The van der Waals surface area contributed by atoms with Crippen LogP contribution in [0.3, 0.4) is 0 Å². The van der Waals surface area contributed by atoms with Gasteiger partial charge in [0.15, 0.2) is 5.82 Å². The minimum Gasteiger partial charge on any atom is -0.497 e. The Morgan fingerprint density at radius 3 is 2.79 bits per heavy atom. The molecular weight excluding hydrogens is 422 g/mol. The van der Waals surface area contributed by atoms with Gasteiger partial charge in [-0.15, -0.1) is 0 Å². The van der Waals surface area contributed by atoms with Crippen LogP contribution in [0.25, 0.3) is 11.0 Å². The molecule has 1 aromatic heterocycles. The van der Waals surface area contributed by atoms with Gasteiger partial charge >= 0.3 is 5.91 Å². The number of allylic oxidation sites excluding steroid dienone is 2. The summed E-state index contributed by atoms with van der Waals surface area (Å²) in [5.41, 5.74) is 5.44. The Labute approximate surface area is 203 Å². The summed E-state index contributed by atoms with van der Waals surface area (Å²) < 4.78 is 5.77. The fourth-order valence-corrected chi connectivity index (χ4v) is 9.21. The number of benzene rings is 1. The molecule has 1 N–H and O–H groups in total. The van der Waals surface area contributed by atoms with E-state index in [0.29, 0.717) is 34.7 Å². The number of carbonyl (C=O) groups is 1. The van der Waals surface area contributed by atoms with Crippen LogP contribution in [0.1, 0.15) is 78.0 Å². The Bertz CT molecular complexity index is 1200. The van der Waals surface area contributed by atoms with Crippen LogP contribution in [-0.4, -0.2) is 34.5 Å². The number of hydrogen-bond acceptors (Lipinski definition) is 3. The Morgan fingerprint density at radius 2 is 2.00 bits per heavy atom. The standard InChI is InChI=1S/C29H40N3O2/c1-18-15-20-21-7-6-12-28(21,2)13-10-22(20)29(3)14-11-26(33)32(4,27(18)29)17-25-30-23-9-8-19(34-5)16-24(23)31-25/h8-9,16,20-22H,6-7,10-15,17H2,1-5H3,(H,30,31)/q+1/t20-,21-,22-,28-,29+,32?/m0/s1. The topological polar surface area (TPSA) is 55.0 Å². The average molecular weight is 463 g/mol. The van der Waals surface area contributed by atoms with Crippen LogP contribution in [0.5, 0.6) is 5.75 Å². The van der Waals surface area contributed by atoms with Gasteiger partial charge in [-0.3, -0.25) is 0 Å². The number of amides is 1. The number of imidazole rings is 1. The highest BCUT2D eigenvalue weighted by atomic mass is 16.5. The smallest absolute Gasteiger partial charge is 0.318 e. The monoisotopic (exact) mass is 462 g/mol. The van der Waals surface area contributed by atoms with Crippen molar-refractivity contribution in [3.63, 3.8) is 0 Å². The van der Waals surface area contributed by atoms with Gasteiger partial charge < -0.3 is 9.72 Å². The number of nitrogens with zero attached hydrogens (tertiary/aromatic N) is 2. The number of methoxy groups -OCH3 is 1. The van der Waals surface area contributed by atoms with Crippen LogP contribution in [0.4, 0.5) is 0 Å². The van der Waals surface area contributed by atoms with Gasteiger partial charge in [-0.25, -0.2) is 14.3 Å². The van der Waals surface area contributed by atoms with Crippen molar-refractivity contribution in [2.45, 2.75) is 78.7 Å². The highest BCUT2D eigenvalue weighted by Gasteiger charge is 2.62. The summed E-state index contributed by atoms with van der Waals surface area (Å²) in [6.07, 6.45) is 9.76. The predicted octanol–water partition coefficient (Wildman–Crippen LogP) is 6.36. The SMILES string of the molecule is COc1ccc2nc(C[N+]3(C)C(=O)CC[C@@]4(C)C3=C(C)C[C@H]3[C@@H]5CCC[C@@]5(C)CC[C@@H]34)[nH]c2c1. The van der Waals surface area contributed by atoms with Crippen molar-refractivity contribution in [2.75, 3.05) is 14.2 Å². The number of quaternary nitrogens is 1. The first-order valence-corrected chi connectivity index (χ1v) is 13.3. The molecule has 1 amide bonds. The number of ether oxygens (including phenoxy) is 1. The molecule has 3 fully saturated rings. The molecule has 34 heavy (non-hydrogen) atoms. The number of piperidine rings is 1. The summed E-state index contributed by atoms with van der Waals surface area (Å²) in [5.74, 6) is 4.39. The van der Waals surface area contributed by atoms with E-state index in [-0.39, 0.29) is 5.41 Å². The zero-order valence-corrected chi connectivity index (χ0v) is 21.5.